The van der Waals surface area contributed by atoms with Gasteiger partial charge >= 0.3 is 0 Å². The van der Waals surface area contributed by atoms with E-state index in [0.717, 1.165) is 53.7 Å². The molecule has 1 saturated carbocycles. The van der Waals surface area contributed by atoms with Crippen molar-refractivity contribution in [3.8, 4) is 11.3 Å². The molecule has 2 aromatic heterocycles. The SMILES string of the molecule is CCC(CC)C(=O)/C=C(\O)C(CC)CC.Cc1ccc2cc(C3=Cc4ccnc(-c5[c-]c6ccccc6c(C6CCCCC6)c5)c4C3(C)C)oc2c1.[Ir]. The van der Waals surface area contributed by atoms with Crippen LogP contribution >= 0.6 is 0 Å². The molecule has 3 aromatic carbocycles. The van der Waals surface area contributed by atoms with Gasteiger partial charge in [0.25, 0.3) is 0 Å². The summed E-state index contributed by atoms with van der Waals surface area (Å²) in [7, 11) is 0. The van der Waals surface area contributed by atoms with Gasteiger partial charge in [-0.25, -0.2) is 0 Å². The summed E-state index contributed by atoms with van der Waals surface area (Å²) in [5.41, 5.74) is 9.24. The first-order valence-corrected chi connectivity index (χ1v) is 19.7. The van der Waals surface area contributed by atoms with Gasteiger partial charge < -0.3 is 9.52 Å². The van der Waals surface area contributed by atoms with Crippen molar-refractivity contribution < 1.29 is 34.4 Å². The quantitative estimate of drug-likeness (QED) is 0.0862. The number of rotatable bonds is 10. The Balaban J connectivity index is 0.000000290. The van der Waals surface area contributed by atoms with Crippen molar-refractivity contribution in [2.75, 3.05) is 0 Å². The van der Waals surface area contributed by atoms with Crippen molar-refractivity contribution in [2.45, 2.75) is 118 Å². The Morgan fingerprint density at radius 1 is 0.943 bits per heavy atom. The molecule has 0 bridgehead atoms. The number of aliphatic hydroxyl groups is 1. The minimum atomic E-state index is -0.244. The van der Waals surface area contributed by atoms with Gasteiger partial charge in [-0.15, -0.1) is 29.1 Å². The number of hydrogen-bond acceptors (Lipinski definition) is 4. The second-order valence-corrected chi connectivity index (χ2v) is 15.5. The van der Waals surface area contributed by atoms with Crippen LogP contribution < -0.4 is 0 Å². The number of aromatic nitrogens is 1. The maximum absolute atomic E-state index is 11.7. The average Bonchev–Trinajstić information content (AvgIpc) is 3.69. The number of carbonyl (C=O) groups excluding carboxylic acids is 1. The van der Waals surface area contributed by atoms with Crippen molar-refractivity contribution in [3.63, 3.8) is 0 Å². The number of nitrogens with zero attached hydrogens (tertiary/aromatic N) is 1. The van der Waals surface area contributed by atoms with E-state index in [-0.39, 0.29) is 48.9 Å². The van der Waals surface area contributed by atoms with Crippen molar-refractivity contribution in [1.82, 2.24) is 4.98 Å². The van der Waals surface area contributed by atoms with E-state index in [0.29, 0.717) is 5.92 Å². The van der Waals surface area contributed by atoms with Gasteiger partial charge in [0.1, 0.15) is 11.3 Å². The molecule has 1 fully saturated rings. The summed E-state index contributed by atoms with van der Waals surface area (Å²) in [5.74, 6) is 2.11. The zero-order valence-electron chi connectivity index (χ0n) is 32.6. The number of furan rings is 1. The van der Waals surface area contributed by atoms with Crippen LogP contribution in [0.3, 0.4) is 0 Å². The fourth-order valence-electron chi connectivity index (χ4n) is 8.50. The van der Waals surface area contributed by atoms with Gasteiger partial charge in [-0.2, -0.15) is 0 Å². The molecule has 53 heavy (non-hydrogen) atoms. The van der Waals surface area contributed by atoms with E-state index in [1.165, 1.54) is 76.8 Å². The molecule has 281 valence electrons. The topological polar surface area (TPSA) is 63.3 Å². The van der Waals surface area contributed by atoms with E-state index < -0.39 is 0 Å². The van der Waals surface area contributed by atoms with Gasteiger partial charge in [0.05, 0.1) is 5.76 Å². The third-order valence-corrected chi connectivity index (χ3v) is 11.7. The summed E-state index contributed by atoms with van der Waals surface area (Å²) in [4.78, 5) is 16.7. The van der Waals surface area contributed by atoms with Gasteiger partial charge in [-0.3, -0.25) is 9.78 Å². The van der Waals surface area contributed by atoms with Crippen LogP contribution in [0.25, 0.3) is 44.6 Å². The Bertz CT molecular complexity index is 2100. The fraction of sp³-hybridized carbons (Fsp3) is 0.417. The Morgan fingerprint density at radius 2 is 1.64 bits per heavy atom. The summed E-state index contributed by atoms with van der Waals surface area (Å²) in [5, 5.41) is 13.4. The molecular formula is C48H56IrNO3-. The Morgan fingerprint density at radius 3 is 2.34 bits per heavy atom. The zero-order chi connectivity index (χ0) is 37.0. The summed E-state index contributed by atoms with van der Waals surface area (Å²) in [6, 6.07) is 25.7. The van der Waals surface area contributed by atoms with Crippen molar-refractivity contribution in [2.24, 2.45) is 11.8 Å². The monoisotopic (exact) mass is 887 g/mol. The molecule has 1 radical (unpaired) electrons. The van der Waals surface area contributed by atoms with E-state index in [4.69, 9.17) is 9.40 Å². The number of benzene rings is 3. The average molecular weight is 887 g/mol. The van der Waals surface area contributed by atoms with E-state index in [1.807, 2.05) is 33.9 Å². The van der Waals surface area contributed by atoms with E-state index in [1.54, 1.807) is 0 Å². The van der Waals surface area contributed by atoms with Crippen LogP contribution in [0.2, 0.25) is 0 Å². The molecule has 0 unspecified atom stereocenters. The molecule has 2 heterocycles. The van der Waals surface area contributed by atoms with E-state index >= 15 is 0 Å². The fourth-order valence-corrected chi connectivity index (χ4v) is 8.50. The molecule has 4 nitrogen and oxygen atoms in total. The first kappa shape index (κ1) is 40.4. The molecule has 7 rings (SSSR count). The number of carbonyl (C=O) groups is 1. The molecular weight excluding hydrogens is 831 g/mol. The standard InChI is InChI=1S/C35H32NO.C13H24O2.Ir/c1-22-13-14-25-21-32(37-31(25)17-22)30-20-26-15-16-36-34(33(26)35(30,2)3)27-18-24-11-7-8-12-28(24)29(19-27)23-9-5-4-6-10-23;1-5-10(6-2)12(14)9-13(15)11(7-3)8-4;/h7-8,11-17,19-21,23H,4-6,9-10H2,1-3H3;9-11,14H,5-8H2,1-4H3;/q-1;;/b;12-9-;. The van der Waals surface area contributed by atoms with Crippen molar-refractivity contribution in [1.29, 1.82) is 0 Å². The summed E-state index contributed by atoms with van der Waals surface area (Å²) in [6.07, 6.45) is 15.7. The second-order valence-electron chi connectivity index (χ2n) is 15.5. The Kier molecular flexibility index (Phi) is 13.4. The van der Waals surface area contributed by atoms with Crippen LogP contribution in [0.4, 0.5) is 0 Å². The van der Waals surface area contributed by atoms with Gasteiger partial charge in [0, 0.05) is 66.3 Å². The molecule has 0 saturated heterocycles. The molecule has 0 aliphatic heterocycles. The van der Waals surface area contributed by atoms with Crippen LogP contribution in [-0.2, 0) is 30.3 Å². The van der Waals surface area contributed by atoms with Crippen LogP contribution in [0.1, 0.15) is 133 Å². The van der Waals surface area contributed by atoms with Gasteiger partial charge in [-0.1, -0.05) is 102 Å². The number of fused-ring (bicyclic) bond motifs is 3. The van der Waals surface area contributed by atoms with Gasteiger partial charge in [0.2, 0.25) is 0 Å². The summed E-state index contributed by atoms with van der Waals surface area (Å²) in [6.45, 7) is 14.8. The largest absolute Gasteiger partial charge is 0.512 e. The number of pyridine rings is 1. The number of hydrogen-bond donors (Lipinski definition) is 1. The van der Waals surface area contributed by atoms with Crippen LogP contribution in [0.5, 0.6) is 0 Å². The zero-order valence-corrected chi connectivity index (χ0v) is 35.0. The predicted octanol–water partition coefficient (Wildman–Crippen LogP) is 13.5. The van der Waals surface area contributed by atoms with Crippen LogP contribution in [0.15, 0.2) is 83.1 Å². The van der Waals surface area contributed by atoms with Gasteiger partial charge in [-0.05, 0) is 92.3 Å². The summed E-state index contributed by atoms with van der Waals surface area (Å²) >= 11 is 0. The Labute approximate surface area is 330 Å². The van der Waals surface area contributed by atoms with Crippen LogP contribution in [-0.4, -0.2) is 15.9 Å². The third-order valence-electron chi connectivity index (χ3n) is 11.7. The number of aryl methyl sites for hydroxylation is 1. The van der Waals surface area contributed by atoms with Crippen LogP contribution in [0, 0.1) is 24.8 Å². The molecule has 2 aliphatic rings. The summed E-state index contributed by atoms with van der Waals surface area (Å²) < 4.78 is 6.40. The van der Waals surface area contributed by atoms with Gasteiger partial charge in [0.15, 0.2) is 5.78 Å². The molecule has 0 atom stereocenters. The number of ketones is 1. The third kappa shape index (κ3) is 8.48. The van der Waals surface area contributed by atoms with Crippen molar-refractivity contribution in [3.05, 3.63) is 113 Å². The minimum Gasteiger partial charge on any atom is -0.512 e. The first-order chi connectivity index (χ1) is 25.1. The second kappa shape index (κ2) is 17.6. The molecule has 2 aliphatic carbocycles. The normalized spacial score (nSPS) is 15.6. The smallest absolute Gasteiger partial charge is 0.162 e. The minimum absolute atomic E-state index is 0. The predicted molar refractivity (Wildman–Crippen MR) is 218 cm³/mol. The number of aliphatic hydroxyl groups excluding tert-OH is 1. The molecule has 0 amide bonds. The van der Waals surface area contributed by atoms with E-state index in [9.17, 15) is 9.90 Å². The maximum atomic E-state index is 11.7. The Hall–Kier alpha value is -3.79. The maximum Gasteiger partial charge on any atom is 0.162 e. The van der Waals surface area contributed by atoms with E-state index in [2.05, 4.69) is 93.6 Å². The molecule has 0 spiro atoms. The molecule has 1 N–H and O–H groups in total. The van der Waals surface area contributed by atoms with Crippen molar-refractivity contribution >= 4 is 39.2 Å². The number of allylic oxidation sites excluding steroid dienone is 3. The molecule has 5 aromatic rings. The molecule has 5 heteroatoms. The first-order valence-electron chi connectivity index (χ1n) is 19.7.